The summed E-state index contributed by atoms with van der Waals surface area (Å²) in [5.74, 6) is 0.924. The van der Waals surface area contributed by atoms with Crippen LogP contribution in [0.3, 0.4) is 0 Å². The molecule has 2 aromatic rings. The van der Waals surface area contributed by atoms with Gasteiger partial charge in [0.05, 0.1) is 11.1 Å². The van der Waals surface area contributed by atoms with E-state index in [1.54, 1.807) is 13.2 Å². The van der Waals surface area contributed by atoms with Crippen molar-refractivity contribution in [2.75, 3.05) is 50.4 Å². The van der Waals surface area contributed by atoms with Crippen molar-refractivity contribution in [3.05, 3.63) is 53.5 Å². The molecule has 0 aliphatic carbocycles. The molecule has 0 bridgehead atoms. The van der Waals surface area contributed by atoms with Crippen molar-refractivity contribution in [3.8, 4) is 0 Å². The van der Waals surface area contributed by atoms with Crippen LogP contribution in [0.1, 0.15) is 22.7 Å². The van der Waals surface area contributed by atoms with Gasteiger partial charge in [-0.15, -0.1) is 0 Å². The predicted octanol–water partition coefficient (Wildman–Crippen LogP) is 2.11. The summed E-state index contributed by atoms with van der Waals surface area (Å²) in [6.07, 6.45) is -0.111. The van der Waals surface area contributed by atoms with Crippen LogP contribution in [-0.2, 0) is 6.18 Å². The Labute approximate surface area is 184 Å². The fraction of sp³-hybridized carbons (Fsp3) is 0.381. The van der Waals surface area contributed by atoms with Crippen LogP contribution in [0.5, 0.6) is 0 Å². The zero-order chi connectivity index (χ0) is 23.3. The molecule has 3 rings (SSSR count). The van der Waals surface area contributed by atoms with Crippen molar-refractivity contribution in [2.24, 2.45) is 5.73 Å². The van der Waals surface area contributed by atoms with Gasteiger partial charge in [0, 0.05) is 63.8 Å². The zero-order valence-electron chi connectivity index (χ0n) is 17.7. The van der Waals surface area contributed by atoms with Gasteiger partial charge in [0.1, 0.15) is 18.0 Å². The highest BCUT2D eigenvalue weighted by atomic mass is 19.4. The van der Waals surface area contributed by atoms with Crippen molar-refractivity contribution in [2.45, 2.75) is 12.2 Å². The number of nitrogens with zero attached hydrogens (tertiary/aromatic N) is 4. The van der Waals surface area contributed by atoms with Crippen LogP contribution in [0.25, 0.3) is 5.57 Å². The number of allylic oxidation sites excluding steroid dienone is 1. The van der Waals surface area contributed by atoms with E-state index in [4.69, 9.17) is 16.9 Å². The Hall–Kier alpha value is -3.18. The minimum Gasteiger partial charge on any atom is -0.393 e. The molecule has 1 fully saturated rings. The molecule has 0 radical (unpaired) electrons. The number of rotatable bonds is 7. The minimum absolute atomic E-state index is 0.185. The van der Waals surface area contributed by atoms with Crippen molar-refractivity contribution >= 4 is 23.4 Å². The van der Waals surface area contributed by atoms with Crippen molar-refractivity contribution < 1.29 is 13.2 Å². The second-order valence-corrected chi connectivity index (χ2v) is 7.38. The fourth-order valence-corrected chi connectivity index (χ4v) is 3.88. The van der Waals surface area contributed by atoms with Crippen LogP contribution in [0.2, 0.25) is 0 Å². The minimum atomic E-state index is -4.36. The van der Waals surface area contributed by atoms with Gasteiger partial charge >= 0.3 is 6.18 Å². The first-order chi connectivity index (χ1) is 15.3. The van der Waals surface area contributed by atoms with Crippen LogP contribution >= 0.6 is 0 Å². The number of halogens is 3. The SMILES string of the molecule is CN/C=C(\C=N)c1c(N)ncnc1N1CCN([C@@H](CN)c2ccc(C(F)(F)F)cc2)CC1. The number of hydrogen-bond acceptors (Lipinski definition) is 8. The molecule has 6 N–H and O–H groups in total. The summed E-state index contributed by atoms with van der Waals surface area (Å²) in [6, 6.07) is 4.99. The van der Waals surface area contributed by atoms with Crippen LogP contribution < -0.4 is 21.7 Å². The number of hydrogen-bond donors (Lipinski definition) is 4. The molecular weight excluding hydrogens is 421 g/mol. The molecule has 1 atom stereocenters. The first-order valence-corrected chi connectivity index (χ1v) is 10.1. The van der Waals surface area contributed by atoms with Crippen molar-refractivity contribution in [3.63, 3.8) is 0 Å². The van der Waals surface area contributed by atoms with Gasteiger partial charge < -0.3 is 27.1 Å². The molecule has 8 nitrogen and oxygen atoms in total. The fourth-order valence-electron chi connectivity index (χ4n) is 3.88. The Balaban J connectivity index is 1.77. The number of nitrogens with two attached hydrogens (primary N) is 2. The number of nitrogens with one attached hydrogen (secondary N) is 2. The lowest BCUT2D eigenvalue weighted by molar-refractivity contribution is -0.137. The molecule has 172 valence electrons. The normalized spacial score (nSPS) is 16.7. The molecular formula is C21H27F3N8. The maximum Gasteiger partial charge on any atom is 0.416 e. The topological polar surface area (TPSA) is 120 Å². The molecule has 0 amide bonds. The third kappa shape index (κ3) is 5.00. The van der Waals surface area contributed by atoms with Gasteiger partial charge in [-0.3, -0.25) is 4.90 Å². The molecule has 11 heteroatoms. The third-order valence-electron chi connectivity index (χ3n) is 5.50. The van der Waals surface area contributed by atoms with E-state index in [-0.39, 0.29) is 11.9 Å². The summed E-state index contributed by atoms with van der Waals surface area (Å²) >= 11 is 0. The second-order valence-electron chi connectivity index (χ2n) is 7.38. The third-order valence-corrected chi connectivity index (χ3v) is 5.50. The average Bonchev–Trinajstić information content (AvgIpc) is 2.78. The Kier molecular flexibility index (Phi) is 7.31. The maximum atomic E-state index is 12.9. The first-order valence-electron chi connectivity index (χ1n) is 10.1. The standard InChI is InChI=1S/C21H27F3N8/c1-28-12-15(10-25)18-19(27)29-13-30-20(18)32-8-6-31(7-9-32)17(11-26)14-2-4-16(5-3-14)21(22,23)24/h2-5,10,12-13,17,25,28H,6-9,11,26H2,1H3,(H2,27,29,30)/b15-12+,25-10?/t17-/m0/s1. The second kappa shape index (κ2) is 9.96. The highest BCUT2D eigenvalue weighted by Crippen LogP contribution is 2.32. The highest BCUT2D eigenvalue weighted by molar-refractivity contribution is 6.12. The largest absolute Gasteiger partial charge is 0.416 e. The van der Waals surface area contributed by atoms with E-state index in [9.17, 15) is 13.2 Å². The number of anilines is 2. The van der Waals surface area contributed by atoms with Crippen molar-refractivity contribution in [1.82, 2.24) is 20.2 Å². The highest BCUT2D eigenvalue weighted by Gasteiger charge is 2.31. The Morgan fingerprint density at radius 1 is 1.19 bits per heavy atom. The Morgan fingerprint density at radius 2 is 1.84 bits per heavy atom. The summed E-state index contributed by atoms with van der Waals surface area (Å²) < 4.78 is 38.6. The molecule has 32 heavy (non-hydrogen) atoms. The van der Waals surface area contributed by atoms with Gasteiger partial charge in [-0.05, 0) is 17.7 Å². The molecule has 1 aliphatic rings. The maximum absolute atomic E-state index is 12.9. The molecule has 2 heterocycles. The van der Waals surface area contributed by atoms with Gasteiger partial charge in [-0.1, -0.05) is 12.1 Å². The molecule has 1 aromatic heterocycles. The van der Waals surface area contributed by atoms with Crippen LogP contribution in [0.15, 0.2) is 36.8 Å². The van der Waals surface area contributed by atoms with Gasteiger partial charge in [0.25, 0.3) is 0 Å². The van der Waals surface area contributed by atoms with Gasteiger partial charge in [-0.2, -0.15) is 13.2 Å². The van der Waals surface area contributed by atoms with Gasteiger partial charge in [0.2, 0.25) is 0 Å². The first kappa shape index (κ1) is 23.5. The lowest BCUT2D eigenvalue weighted by Crippen LogP contribution is -2.49. The van der Waals surface area contributed by atoms with E-state index in [2.05, 4.69) is 25.1 Å². The summed E-state index contributed by atoms with van der Waals surface area (Å²) in [4.78, 5) is 12.7. The van der Waals surface area contributed by atoms with E-state index < -0.39 is 11.7 Å². The molecule has 1 saturated heterocycles. The summed E-state index contributed by atoms with van der Waals surface area (Å²) in [5.41, 5.74) is 13.3. The van der Waals surface area contributed by atoms with Gasteiger partial charge in [-0.25, -0.2) is 9.97 Å². The predicted molar refractivity (Wildman–Crippen MR) is 119 cm³/mol. The smallest absolute Gasteiger partial charge is 0.393 e. The Bertz CT molecular complexity index is 951. The van der Waals surface area contributed by atoms with Crippen molar-refractivity contribution in [1.29, 1.82) is 5.41 Å². The summed E-state index contributed by atoms with van der Waals surface area (Å²) in [5, 5.41) is 10.6. The number of piperazine rings is 1. The summed E-state index contributed by atoms with van der Waals surface area (Å²) in [7, 11) is 1.73. The quantitative estimate of drug-likeness (QED) is 0.479. The molecule has 0 unspecified atom stereocenters. The summed E-state index contributed by atoms with van der Waals surface area (Å²) in [6.45, 7) is 2.81. The number of benzene rings is 1. The zero-order valence-corrected chi connectivity index (χ0v) is 17.7. The monoisotopic (exact) mass is 448 g/mol. The van der Waals surface area contributed by atoms with E-state index in [0.29, 0.717) is 49.7 Å². The molecule has 0 saturated carbocycles. The van der Waals surface area contributed by atoms with Crippen LogP contribution in [-0.4, -0.2) is 60.9 Å². The number of alkyl halides is 3. The van der Waals surface area contributed by atoms with E-state index >= 15 is 0 Å². The lowest BCUT2D eigenvalue weighted by atomic mass is 10.0. The molecule has 0 spiro atoms. The number of aromatic nitrogens is 2. The Morgan fingerprint density at radius 3 is 2.38 bits per heavy atom. The van der Waals surface area contributed by atoms with Crippen LogP contribution in [0, 0.1) is 5.41 Å². The molecule has 1 aromatic carbocycles. The van der Waals surface area contributed by atoms with Crippen LogP contribution in [0.4, 0.5) is 24.8 Å². The van der Waals surface area contributed by atoms with E-state index in [1.165, 1.54) is 24.7 Å². The van der Waals surface area contributed by atoms with E-state index in [1.807, 2.05) is 0 Å². The average molecular weight is 448 g/mol. The van der Waals surface area contributed by atoms with E-state index in [0.717, 1.165) is 17.7 Å². The number of nitrogen functional groups attached to an aromatic ring is 1. The van der Waals surface area contributed by atoms with Gasteiger partial charge in [0.15, 0.2) is 0 Å². The lowest BCUT2D eigenvalue weighted by Gasteiger charge is -2.40. The molecule has 1 aliphatic heterocycles.